The van der Waals surface area contributed by atoms with Crippen molar-refractivity contribution in [2.75, 3.05) is 6.61 Å². The second-order valence-corrected chi connectivity index (χ2v) is 6.97. The topological polar surface area (TPSA) is 76.7 Å². The molecular formula is C21H23ClN2O4. The van der Waals surface area contributed by atoms with Crippen molar-refractivity contribution in [3.63, 3.8) is 0 Å². The van der Waals surface area contributed by atoms with Gasteiger partial charge in [-0.05, 0) is 30.5 Å². The molecule has 0 bridgehead atoms. The van der Waals surface area contributed by atoms with Gasteiger partial charge < -0.3 is 10.1 Å². The number of amides is 2. The van der Waals surface area contributed by atoms with Crippen molar-refractivity contribution >= 4 is 23.4 Å². The Kier molecular flexibility index (Phi) is 7.42. The number of hydrogen-bond acceptors (Lipinski definition) is 4. The van der Waals surface area contributed by atoms with Crippen LogP contribution in [0.1, 0.15) is 47.6 Å². The minimum atomic E-state index is -0.527. The first-order chi connectivity index (χ1) is 13.6. The van der Waals surface area contributed by atoms with Crippen molar-refractivity contribution in [3.05, 3.63) is 70.7 Å². The molecule has 2 aromatic carbocycles. The zero-order valence-electron chi connectivity index (χ0n) is 15.4. The smallest absolute Gasteiger partial charge is 0.253 e. The Hall–Kier alpha value is -2.41. The Bertz CT molecular complexity index is 794. The lowest BCUT2D eigenvalue weighted by atomic mass is 10.0. The molecule has 1 aliphatic heterocycles. The van der Waals surface area contributed by atoms with E-state index in [1.807, 2.05) is 30.3 Å². The van der Waals surface area contributed by atoms with Gasteiger partial charge in [0.1, 0.15) is 0 Å². The molecule has 2 N–H and O–H groups in total. The molecule has 2 amide bonds. The van der Waals surface area contributed by atoms with E-state index in [-0.39, 0.29) is 18.2 Å². The van der Waals surface area contributed by atoms with E-state index in [0.717, 1.165) is 24.8 Å². The molecule has 3 rings (SSSR count). The van der Waals surface area contributed by atoms with Crippen molar-refractivity contribution in [2.45, 2.75) is 38.0 Å². The highest BCUT2D eigenvalue weighted by molar-refractivity contribution is 6.33. The van der Waals surface area contributed by atoms with Gasteiger partial charge in [0, 0.05) is 13.0 Å². The highest BCUT2D eigenvalue weighted by Gasteiger charge is 2.22. The predicted octanol–water partition coefficient (Wildman–Crippen LogP) is 3.78. The molecule has 0 aromatic heterocycles. The van der Waals surface area contributed by atoms with Gasteiger partial charge in [0.2, 0.25) is 5.91 Å². The molecule has 2 atom stereocenters. The SMILES string of the molecule is O=C(CC(NC(=O)c1ccccc1Cl)c1ccccc1)NOC1CCCCO1. The molecule has 2 unspecified atom stereocenters. The molecule has 6 nitrogen and oxygen atoms in total. The van der Waals surface area contributed by atoms with E-state index in [4.69, 9.17) is 21.2 Å². The zero-order chi connectivity index (χ0) is 19.8. The molecule has 1 saturated heterocycles. The molecule has 0 spiro atoms. The maximum atomic E-state index is 12.7. The van der Waals surface area contributed by atoms with Crippen LogP contribution in [0.3, 0.4) is 0 Å². The third-order valence-corrected chi connectivity index (χ3v) is 4.79. The van der Waals surface area contributed by atoms with Gasteiger partial charge >= 0.3 is 0 Å². The number of carbonyl (C=O) groups is 2. The third kappa shape index (κ3) is 5.79. The van der Waals surface area contributed by atoms with Gasteiger partial charge in [-0.3, -0.25) is 9.59 Å². The van der Waals surface area contributed by atoms with E-state index >= 15 is 0 Å². The van der Waals surface area contributed by atoms with Crippen LogP contribution >= 0.6 is 11.6 Å². The Morgan fingerprint density at radius 3 is 2.57 bits per heavy atom. The molecule has 1 heterocycles. The standard InChI is InChI=1S/C21H23ClN2O4/c22-17-11-5-4-10-16(17)21(26)23-18(15-8-2-1-3-9-15)14-19(25)24-28-20-12-6-7-13-27-20/h1-5,8-11,18,20H,6-7,12-14H2,(H,23,26)(H,24,25). The van der Waals surface area contributed by atoms with Crippen molar-refractivity contribution in [2.24, 2.45) is 0 Å². The fourth-order valence-electron chi connectivity index (χ4n) is 2.98. The van der Waals surface area contributed by atoms with E-state index in [0.29, 0.717) is 17.2 Å². The Morgan fingerprint density at radius 2 is 1.86 bits per heavy atom. The van der Waals surface area contributed by atoms with E-state index < -0.39 is 12.3 Å². The van der Waals surface area contributed by atoms with Gasteiger partial charge in [-0.15, -0.1) is 0 Å². The number of halogens is 1. The summed E-state index contributed by atoms with van der Waals surface area (Å²) in [5.74, 6) is -0.689. The van der Waals surface area contributed by atoms with Crippen LogP contribution in [-0.4, -0.2) is 24.7 Å². The van der Waals surface area contributed by atoms with E-state index in [2.05, 4.69) is 10.8 Å². The molecule has 2 aromatic rings. The van der Waals surface area contributed by atoms with Crippen LogP contribution in [0, 0.1) is 0 Å². The highest BCUT2D eigenvalue weighted by atomic mass is 35.5. The first-order valence-corrected chi connectivity index (χ1v) is 9.67. The Balaban J connectivity index is 1.64. The van der Waals surface area contributed by atoms with Crippen LogP contribution in [0.2, 0.25) is 5.02 Å². The fourth-order valence-corrected chi connectivity index (χ4v) is 3.20. The van der Waals surface area contributed by atoms with E-state index in [1.165, 1.54) is 0 Å². The number of nitrogens with one attached hydrogen (secondary N) is 2. The Labute approximate surface area is 169 Å². The predicted molar refractivity (Wildman–Crippen MR) is 106 cm³/mol. The maximum absolute atomic E-state index is 12.7. The van der Waals surface area contributed by atoms with Crippen molar-refractivity contribution in [1.82, 2.24) is 10.8 Å². The van der Waals surface area contributed by atoms with Crippen LogP contribution in [0.5, 0.6) is 0 Å². The van der Waals surface area contributed by atoms with Crippen molar-refractivity contribution < 1.29 is 19.2 Å². The minimum Gasteiger partial charge on any atom is -0.350 e. The average molecular weight is 403 g/mol. The maximum Gasteiger partial charge on any atom is 0.253 e. The van der Waals surface area contributed by atoms with Gasteiger partial charge in [0.05, 0.1) is 23.0 Å². The molecule has 7 heteroatoms. The van der Waals surface area contributed by atoms with E-state index in [9.17, 15) is 9.59 Å². The average Bonchev–Trinajstić information content (AvgIpc) is 2.73. The molecule has 28 heavy (non-hydrogen) atoms. The van der Waals surface area contributed by atoms with Gasteiger partial charge in [0.15, 0.2) is 6.29 Å². The quantitative estimate of drug-likeness (QED) is 0.691. The fraction of sp³-hybridized carbons (Fsp3) is 0.333. The van der Waals surface area contributed by atoms with Crippen molar-refractivity contribution in [1.29, 1.82) is 0 Å². The number of hydroxylamine groups is 1. The Morgan fingerprint density at radius 1 is 1.11 bits per heavy atom. The van der Waals surface area contributed by atoms with Gasteiger partial charge in [-0.1, -0.05) is 54.1 Å². The summed E-state index contributed by atoms with van der Waals surface area (Å²) >= 11 is 6.12. The van der Waals surface area contributed by atoms with Gasteiger partial charge in [0.25, 0.3) is 5.91 Å². The van der Waals surface area contributed by atoms with Crippen molar-refractivity contribution in [3.8, 4) is 0 Å². The third-order valence-electron chi connectivity index (χ3n) is 4.46. The summed E-state index contributed by atoms with van der Waals surface area (Å²) in [6.45, 7) is 0.626. The second-order valence-electron chi connectivity index (χ2n) is 6.56. The minimum absolute atomic E-state index is 0.0208. The first-order valence-electron chi connectivity index (χ1n) is 9.30. The van der Waals surface area contributed by atoms with Crippen LogP contribution < -0.4 is 10.8 Å². The molecular weight excluding hydrogens is 380 g/mol. The molecule has 1 aliphatic rings. The second kappa shape index (κ2) is 10.2. The molecule has 0 aliphatic carbocycles. The monoisotopic (exact) mass is 402 g/mol. The lowest BCUT2D eigenvalue weighted by molar-refractivity contribution is -0.200. The number of ether oxygens (including phenoxy) is 1. The summed E-state index contributed by atoms with van der Waals surface area (Å²) in [6.07, 6.45) is 2.34. The summed E-state index contributed by atoms with van der Waals surface area (Å²) in [5.41, 5.74) is 3.61. The number of benzene rings is 2. The largest absolute Gasteiger partial charge is 0.350 e. The van der Waals surface area contributed by atoms with Crippen LogP contribution in [0.15, 0.2) is 54.6 Å². The summed E-state index contributed by atoms with van der Waals surface area (Å²) in [4.78, 5) is 30.4. The molecule has 1 fully saturated rings. The van der Waals surface area contributed by atoms with Gasteiger partial charge in [-0.2, -0.15) is 0 Å². The highest BCUT2D eigenvalue weighted by Crippen LogP contribution is 2.20. The normalized spacial score (nSPS) is 17.5. The van der Waals surface area contributed by atoms with Crippen LogP contribution in [0.25, 0.3) is 0 Å². The zero-order valence-corrected chi connectivity index (χ0v) is 16.2. The van der Waals surface area contributed by atoms with Gasteiger partial charge in [-0.25, -0.2) is 10.3 Å². The summed E-state index contributed by atoms with van der Waals surface area (Å²) in [5, 5.41) is 3.24. The summed E-state index contributed by atoms with van der Waals surface area (Å²) in [6, 6.07) is 15.6. The lowest BCUT2D eigenvalue weighted by Crippen LogP contribution is -2.36. The molecule has 148 valence electrons. The lowest BCUT2D eigenvalue weighted by Gasteiger charge is -2.23. The number of carbonyl (C=O) groups excluding carboxylic acids is 2. The number of rotatable bonds is 7. The molecule has 0 radical (unpaired) electrons. The van der Waals surface area contributed by atoms with E-state index in [1.54, 1.807) is 24.3 Å². The summed E-state index contributed by atoms with van der Waals surface area (Å²) in [7, 11) is 0. The number of hydrogen-bond donors (Lipinski definition) is 2. The first kappa shape index (κ1) is 20.3. The van der Waals surface area contributed by atoms with Crippen LogP contribution in [0.4, 0.5) is 0 Å². The summed E-state index contributed by atoms with van der Waals surface area (Å²) < 4.78 is 5.43. The molecule has 0 saturated carbocycles. The van der Waals surface area contributed by atoms with Crippen LogP contribution in [-0.2, 0) is 14.4 Å².